The van der Waals surface area contributed by atoms with Gasteiger partial charge in [0.2, 0.25) is 13.1 Å². The Hall–Kier alpha value is -1.38. The van der Waals surface area contributed by atoms with Crippen LogP contribution in [0.4, 0.5) is 4.39 Å². The Labute approximate surface area is 70.0 Å². The number of hydrogen-bond donors (Lipinski definition) is 0. The lowest BCUT2D eigenvalue weighted by Gasteiger charge is -2.00. The molecular formula is C9H8FO2. The average molecular weight is 167 g/mol. The van der Waals surface area contributed by atoms with Crippen LogP contribution < -0.4 is 4.74 Å². The first-order valence-corrected chi connectivity index (χ1v) is 3.49. The van der Waals surface area contributed by atoms with Crippen molar-refractivity contribution in [2.45, 2.75) is 6.42 Å². The zero-order chi connectivity index (χ0) is 8.81. The highest BCUT2D eigenvalue weighted by Gasteiger charge is 1.94. The molecule has 2 nitrogen and oxygen atoms in total. The maximum absolute atomic E-state index is 11.6. The molecule has 0 aliphatic rings. The predicted molar refractivity (Wildman–Crippen MR) is 42.4 cm³/mol. The van der Waals surface area contributed by atoms with Crippen molar-refractivity contribution in [2.24, 2.45) is 0 Å². The van der Waals surface area contributed by atoms with E-state index in [1.807, 2.05) is 0 Å². The van der Waals surface area contributed by atoms with Crippen LogP contribution in [0.25, 0.3) is 0 Å². The van der Waals surface area contributed by atoms with E-state index in [-0.39, 0.29) is 6.42 Å². The molecule has 1 aromatic rings. The Morgan fingerprint density at radius 3 is 2.50 bits per heavy atom. The zero-order valence-electron chi connectivity index (χ0n) is 6.42. The van der Waals surface area contributed by atoms with E-state index in [1.165, 1.54) is 0 Å². The largest absolute Gasteiger partial charge is 0.463 e. The lowest BCUT2D eigenvalue weighted by molar-refractivity contribution is 0.191. The summed E-state index contributed by atoms with van der Waals surface area (Å²) < 4.78 is 16.2. The molecule has 0 unspecified atom stereocenters. The molecule has 63 valence electrons. The van der Waals surface area contributed by atoms with E-state index < -0.39 is 6.86 Å². The van der Waals surface area contributed by atoms with Crippen molar-refractivity contribution < 1.29 is 13.9 Å². The standard InChI is InChI=1S/C9H8FO2/c10-7-12-9-3-1-8(2-4-9)5-6-11/h1-4H,5,7H2. The number of hydrogen-bond acceptors (Lipinski definition) is 2. The Morgan fingerprint density at radius 2 is 2.00 bits per heavy atom. The summed E-state index contributed by atoms with van der Waals surface area (Å²) in [5.74, 6) is 0.465. The maximum Gasteiger partial charge on any atom is 0.228 e. The minimum atomic E-state index is -0.834. The molecule has 0 amide bonds. The Morgan fingerprint density at radius 1 is 1.33 bits per heavy atom. The van der Waals surface area contributed by atoms with Gasteiger partial charge in [-0.05, 0) is 17.7 Å². The van der Waals surface area contributed by atoms with Crippen LogP contribution in [0.1, 0.15) is 5.56 Å². The van der Waals surface area contributed by atoms with Gasteiger partial charge in [0.25, 0.3) is 0 Å². The van der Waals surface area contributed by atoms with Crippen molar-refractivity contribution in [3.63, 3.8) is 0 Å². The lowest BCUT2D eigenvalue weighted by atomic mass is 10.2. The van der Waals surface area contributed by atoms with Crippen LogP contribution in [0.5, 0.6) is 5.75 Å². The molecule has 0 spiro atoms. The average Bonchev–Trinajstić information content (AvgIpc) is 2.09. The third-order valence-corrected chi connectivity index (χ3v) is 1.42. The van der Waals surface area contributed by atoms with Gasteiger partial charge in [0.05, 0.1) is 0 Å². The fraction of sp³-hybridized carbons (Fsp3) is 0.222. The van der Waals surface area contributed by atoms with Gasteiger partial charge in [-0.1, -0.05) is 12.1 Å². The molecule has 0 saturated carbocycles. The highest BCUT2D eigenvalue weighted by Crippen LogP contribution is 2.11. The summed E-state index contributed by atoms with van der Waals surface area (Å²) in [7, 11) is 0. The molecule has 1 aromatic carbocycles. The minimum absolute atomic E-state index is 0.260. The quantitative estimate of drug-likeness (QED) is 0.681. The first kappa shape index (κ1) is 8.71. The molecule has 0 aliphatic carbocycles. The van der Waals surface area contributed by atoms with E-state index in [2.05, 4.69) is 4.74 Å². The van der Waals surface area contributed by atoms with Gasteiger partial charge in [0.1, 0.15) is 5.75 Å². The summed E-state index contributed by atoms with van der Waals surface area (Å²) in [6.07, 6.45) is 2.03. The van der Waals surface area contributed by atoms with Crippen molar-refractivity contribution in [2.75, 3.05) is 6.86 Å². The number of rotatable bonds is 4. The van der Waals surface area contributed by atoms with Gasteiger partial charge in [0, 0.05) is 6.42 Å². The number of alkyl halides is 1. The van der Waals surface area contributed by atoms with Gasteiger partial charge >= 0.3 is 0 Å². The first-order valence-electron chi connectivity index (χ1n) is 3.49. The Bertz CT molecular complexity index is 243. The first-order chi connectivity index (χ1) is 5.86. The lowest BCUT2D eigenvalue weighted by Crippen LogP contribution is -1.90. The van der Waals surface area contributed by atoms with Crippen LogP contribution in [0, 0.1) is 0 Å². The molecule has 0 aliphatic heterocycles. The summed E-state index contributed by atoms with van der Waals surface area (Å²) in [6, 6.07) is 6.64. The zero-order valence-corrected chi connectivity index (χ0v) is 6.42. The van der Waals surface area contributed by atoms with Crippen LogP contribution in [0.2, 0.25) is 0 Å². The Balaban J connectivity index is 2.64. The van der Waals surface area contributed by atoms with Gasteiger partial charge in [-0.15, -0.1) is 0 Å². The molecule has 0 saturated heterocycles. The van der Waals surface area contributed by atoms with Gasteiger partial charge in [-0.2, -0.15) is 0 Å². The smallest absolute Gasteiger partial charge is 0.228 e. The molecule has 0 aromatic heterocycles. The van der Waals surface area contributed by atoms with E-state index in [0.29, 0.717) is 5.75 Å². The van der Waals surface area contributed by atoms with Crippen molar-refractivity contribution in [1.29, 1.82) is 0 Å². The van der Waals surface area contributed by atoms with Gasteiger partial charge in [-0.25, -0.2) is 4.39 Å². The van der Waals surface area contributed by atoms with Crippen LogP contribution >= 0.6 is 0 Å². The van der Waals surface area contributed by atoms with Gasteiger partial charge in [-0.3, -0.25) is 4.79 Å². The molecule has 0 heterocycles. The maximum atomic E-state index is 11.6. The monoisotopic (exact) mass is 167 g/mol. The van der Waals surface area contributed by atoms with Crippen LogP contribution in [-0.2, 0) is 11.2 Å². The van der Waals surface area contributed by atoms with E-state index in [0.717, 1.165) is 5.56 Å². The minimum Gasteiger partial charge on any atom is -0.463 e. The predicted octanol–water partition coefficient (Wildman–Crippen LogP) is 1.64. The van der Waals surface area contributed by atoms with Crippen molar-refractivity contribution in [3.05, 3.63) is 29.8 Å². The van der Waals surface area contributed by atoms with Crippen LogP contribution in [-0.4, -0.2) is 13.1 Å². The summed E-state index contributed by atoms with van der Waals surface area (Å²) in [6.45, 7) is -0.834. The molecule has 12 heavy (non-hydrogen) atoms. The third kappa shape index (κ3) is 2.34. The third-order valence-electron chi connectivity index (χ3n) is 1.42. The molecule has 1 radical (unpaired) electrons. The van der Waals surface area contributed by atoms with Crippen LogP contribution in [0.15, 0.2) is 24.3 Å². The molecule has 0 bridgehead atoms. The van der Waals surface area contributed by atoms with E-state index in [9.17, 15) is 9.18 Å². The van der Waals surface area contributed by atoms with E-state index in [4.69, 9.17) is 0 Å². The number of benzene rings is 1. The van der Waals surface area contributed by atoms with Crippen molar-refractivity contribution in [1.82, 2.24) is 0 Å². The normalized spacial score (nSPS) is 9.42. The fourth-order valence-electron chi connectivity index (χ4n) is 0.850. The highest BCUT2D eigenvalue weighted by molar-refractivity contribution is 5.55. The second kappa shape index (κ2) is 4.49. The fourth-order valence-corrected chi connectivity index (χ4v) is 0.850. The molecular weight excluding hydrogens is 159 g/mol. The van der Waals surface area contributed by atoms with Crippen molar-refractivity contribution in [3.8, 4) is 5.75 Å². The number of ether oxygens (including phenoxy) is 1. The summed E-state index contributed by atoms with van der Waals surface area (Å²) in [4.78, 5) is 9.97. The number of carbonyl (C=O) groups excluding carboxylic acids is 1. The molecule has 0 atom stereocenters. The summed E-state index contributed by atoms with van der Waals surface area (Å²) in [5.41, 5.74) is 0.844. The highest BCUT2D eigenvalue weighted by atomic mass is 19.1. The SMILES string of the molecule is O=[C]Cc1ccc(OCF)cc1. The van der Waals surface area contributed by atoms with E-state index >= 15 is 0 Å². The molecule has 0 fully saturated rings. The van der Waals surface area contributed by atoms with Crippen molar-refractivity contribution >= 4 is 6.29 Å². The van der Waals surface area contributed by atoms with Crippen LogP contribution in [0.3, 0.4) is 0 Å². The number of halogens is 1. The topological polar surface area (TPSA) is 26.3 Å². The summed E-state index contributed by atoms with van der Waals surface area (Å²) in [5, 5.41) is 0. The Kier molecular flexibility index (Phi) is 3.26. The second-order valence-corrected chi connectivity index (χ2v) is 2.22. The van der Waals surface area contributed by atoms with E-state index in [1.54, 1.807) is 30.6 Å². The van der Waals surface area contributed by atoms with Gasteiger partial charge < -0.3 is 4.74 Å². The molecule has 0 N–H and O–H groups in total. The summed E-state index contributed by atoms with van der Waals surface area (Å²) >= 11 is 0. The van der Waals surface area contributed by atoms with Gasteiger partial charge in [0.15, 0.2) is 0 Å². The molecule has 3 heteroatoms. The molecule has 1 rings (SSSR count). The second-order valence-electron chi connectivity index (χ2n) is 2.22.